The largest absolute Gasteiger partial charge is 0.508 e. The zero-order valence-electron chi connectivity index (χ0n) is 36.9. The van der Waals surface area contributed by atoms with E-state index in [0.29, 0.717) is 62.7 Å². The average Bonchev–Trinajstić information content (AvgIpc) is 3.23. The number of para-hydroxylation sites is 1. The van der Waals surface area contributed by atoms with Crippen molar-refractivity contribution in [2.75, 3.05) is 11.4 Å². The molecule has 0 radical (unpaired) electrons. The second kappa shape index (κ2) is 27.9. The fourth-order valence-electron chi connectivity index (χ4n) is 6.69. The first-order valence-corrected chi connectivity index (χ1v) is 21.6. The minimum absolute atomic E-state index is 0.0229. The molecule has 0 saturated carbocycles. The van der Waals surface area contributed by atoms with Gasteiger partial charge in [0.05, 0.1) is 0 Å². The van der Waals surface area contributed by atoms with E-state index >= 15 is 4.79 Å². The molecule has 17 nitrogen and oxygen atoms in total. The molecule has 0 aliphatic carbocycles. The van der Waals surface area contributed by atoms with Gasteiger partial charge in [0.25, 0.3) is 0 Å². The summed E-state index contributed by atoms with van der Waals surface area (Å²) >= 11 is 0. The summed E-state index contributed by atoms with van der Waals surface area (Å²) in [6.45, 7) is 10.4. The van der Waals surface area contributed by atoms with E-state index in [1.54, 1.807) is 42.5 Å². The molecular formula is C45H67N7O10. The summed E-state index contributed by atoms with van der Waals surface area (Å²) in [6, 6.07) is 7.50. The minimum atomic E-state index is -1.34. The molecule has 6 amide bonds. The summed E-state index contributed by atoms with van der Waals surface area (Å²) in [7, 11) is 0. The van der Waals surface area contributed by atoms with Crippen molar-refractivity contribution in [3.8, 4) is 5.75 Å². The highest BCUT2D eigenvalue weighted by Crippen LogP contribution is 2.24. The van der Waals surface area contributed by atoms with Crippen molar-refractivity contribution in [1.29, 1.82) is 0 Å². The second-order valence-electron chi connectivity index (χ2n) is 15.8. The van der Waals surface area contributed by atoms with Gasteiger partial charge in [-0.25, -0.2) is 4.79 Å². The number of carbonyl (C=O) groups is 8. The second-order valence-corrected chi connectivity index (χ2v) is 15.8. The molecule has 0 aromatic heterocycles. The molecule has 0 bridgehead atoms. The van der Waals surface area contributed by atoms with E-state index in [0.717, 1.165) is 13.3 Å². The van der Waals surface area contributed by atoms with Gasteiger partial charge in [-0.05, 0) is 87.7 Å². The van der Waals surface area contributed by atoms with E-state index in [-0.39, 0.29) is 37.4 Å². The normalized spacial score (nSPS) is 13.9. The number of unbranched alkanes of at least 4 members (excludes halogenated alkanes) is 3. The van der Waals surface area contributed by atoms with Crippen molar-refractivity contribution in [2.45, 2.75) is 148 Å². The van der Waals surface area contributed by atoms with E-state index < -0.39 is 77.7 Å². The Balaban J connectivity index is 2.55. The third-order valence-corrected chi connectivity index (χ3v) is 10.0. The van der Waals surface area contributed by atoms with Crippen molar-refractivity contribution in [1.82, 2.24) is 26.6 Å². The van der Waals surface area contributed by atoms with Crippen molar-refractivity contribution >= 4 is 53.6 Å². The Bertz CT molecular complexity index is 1760. The van der Waals surface area contributed by atoms with Crippen LogP contribution >= 0.6 is 0 Å². The highest BCUT2D eigenvalue weighted by molar-refractivity contribution is 6.05. The van der Waals surface area contributed by atoms with Crippen molar-refractivity contribution < 1.29 is 48.2 Å². The number of phenolic OH excluding ortho intramolecular Hbond substituents is 1. The predicted molar refractivity (Wildman–Crippen MR) is 234 cm³/mol. The van der Waals surface area contributed by atoms with Crippen LogP contribution in [0.2, 0.25) is 0 Å². The van der Waals surface area contributed by atoms with E-state index in [1.165, 1.54) is 24.0 Å². The molecule has 0 unspecified atom stereocenters. The first kappa shape index (κ1) is 52.3. The lowest BCUT2D eigenvalue weighted by molar-refractivity contribution is -0.160. The highest BCUT2D eigenvalue weighted by atomic mass is 16.6. The standard InChI is InChI=1S/C45H67N7O10/c1-7-9-18-35(47-28-53)41(57)51-38(26-29(3)4)42(58)48-30(5)40(56)49-36(19-10-8-2)44(60)52(33-16-12-11-13-17-33)39(27-32-21-23-34(55)24-22-32)43(59)50-37(20-14-15-25-46)45(61)62-31(6)54/h11-13,16-17,21-24,28-30,35-39,55H,7-10,14-15,18-20,25-27,46H2,1-6H3,(H,47,53)(H,48,58)(H,49,56)(H,50,59)(H,51,57)/t30-,35-,36-,37-,38-,39-/m0/s1. The number of amides is 6. The third-order valence-electron chi connectivity index (χ3n) is 10.0. The first-order valence-electron chi connectivity index (χ1n) is 21.6. The van der Waals surface area contributed by atoms with Gasteiger partial charge in [-0.15, -0.1) is 0 Å². The van der Waals surface area contributed by atoms with E-state index in [2.05, 4.69) is 26.6 Å². The lowest BCUT2D eigenvalue weighted by Gasteiger charge is -2.35. The number of ether oxygens (including phenoxy) is 1. The van der Waals surface area contributed by atoms with Gasteiger partial charge in [0.2, 0.25) is 35.9 Å². The fourth-order valence-corrected chi connectivity index (χ4v) is 6.69. The number of nitrogens with two attached hydrogens (primary N) is 1. The van der Waals surface area contributed by atoms with Crippen LogP contribution in [0.25, 0.3) is 0 Å². The summed E-state index contributed by atoms with van der Waals surface area (Å²) in [5, 5.41) is 23.4. The maximum atomic E-state index is 15.0. The Labute approximate surface area is 365 Å². The molecular weight excluding hydrogens is 799 g/mol. The third kappa shape index (κ3) is 18.0. The number of aromatic hydroxyl groups is 1. The Kier molecular flexibility index (Phi) is 23.5. The van der Waals surface area contributed by atoms with E-state index in [1.807, 2.05) is 27.7 Å². The highest BCUT2D eigenvalue weighted by Gasteiger charge is 2.38. The van der Waals surface area contributed by atoms with Gasteiger partial charge < -0.3 is 42.2 Å². The predicted octanol–water partition coefficient (Wildman–Crippen LogP) is 3.06. The van der Waals surface area contributed by atoms with Crippen LogP contribution in [-0.4, -0.2) is 95.8 Å². The summed E-state index contributed by atoms with van der Waals surface area (Å²) < 4.78 is 4.86. The number of anilines is 1. The molecule has 62 heavy (non-hydrogen) atoms. The quantitative estimate of drug-likeness (QED) is 0.0283. The summed E-state index contributed by atoms with van der Waals surface area (Å²) in [6.07, 6.45) is 4.74. The number of rotatable bonds is 28. The number of hydrogen-bond donors (Lipinski definition) is 7. The summed E-state index contributed by atoms with van der Waals surface area (Å²) in [4.78, 5) is 108. The molecule has 0 spiro atoms. The zero-order chi connectivity index (χ0) is 46.2. The molecule has 2 aromatic rings. The Morgan fingerprint density at radius 3 is 1.84 bits per heavy atom. The first-order chi connectivity index (χ1) is 29.6. The Hall–Kier alpha value is -5.84. The van der Waals surface area contributed by atoms with Crippen molar-refractivity contribution in [3.05, 3.63) is 60.2 Å². The molecule has 342 valence electrons. The van der Waals surface area contributed by atoms with Crippen LogP contribution in [0.1, 0.15) is 111 Å². The van der Waals surface area contributed by atoms with Gasteiger partial charge in [0.15, 0.2) is 0 Å². The Morgan fingerprint density at radius 2 is 1.27 bits per heavy atom. The maximum absolute atomic E-state index is 15.0. The molecule has 6 atom stereocenters. The lowest BCUT2D eigenvalue weighted by Crippen LogP contribution is -2.60. The van der Waals surface area contributed by atoms with Gasteiger partial charge in [-0.1, -0.05) is 83.7 Å². The molecule has 0 aliphatic rings. The topological polar surface area (TPSA) is 255 Å². The minimum Gasteiger partial charge on any atom is -0.508 e. The number of phenols is 1. The van der Waals surface area contributed by atoms with Gasteiger partial charge in [-0.3, -0.25) is 38.5 Å². The molecule has 0 aliphatic heterocycles. The zero-order valence-corrected chi connectivity index (χ0v) is 36.9. The smallest absolute Gasteiger partial charge is 0.336 e. The number of esters is 2. The average molecular weight is 866 g/mol. The van der Waals surface area contributed by atoms with Gasteiger partial charge in [0.1, 0.15) is 42.0 Å². The van der Waals surface area contributed by atoms with E-state index in [4.69, 9.17) is 10.5 Å². The van der Waals surface area contributed by atoms with Crippen LogP contribution in [0.3, 0.4) is 0 Å². The molecule has 2 rings (SSSR count). The van der Waals surface area contributed by atoms with Crippen LogP contribution < -0.4 is 37.2 Å². The van der Waals surface area contributed by atoms with Crippen LogP contribution in [0.15, 0.2) is 54.6 Å². The monoisotopic (exact) mass is 865 g/mol. The number of nitrogens with zero attached hydrogens (tertiary/aromatic N) is 1. The van der Waals surface area contributed by atoms with Crippen LogP contribution in [-0.2, 0) is 49.5 Å². The number of hydrogen-bond acceptors (Lipinski definition) is 11. The molecule has 8 N–H and O–H groups in total. The lowest BCUT2D eigenvalue weighted by atomic mass is 9.99. The van der Waals surface area contributed by atoms with Gasteiger partial charge in [-0.2, -0.15) is 0 Å². The fraction of sp³-hybridized carbons (Fsp3) is 0.556. The maximum Gasteiger partial charge on any atom is 0.336 e. The van der Waals surface area contributed by atoms with Gasteiger partial charge in [0, 0.05) is 19.0 Å². The Morgan fingerprint density at radius 1 is 0.710 bits per heavy atom. The number of nitrogens with one attached hydrogen (secondary N) is 5. The van der Waals surface area contributed by atoms with Crippen molar-refractivity contribution in [3.63, 3.8) is 0 Å². The molecule has 0 saturated heterocycles. The van der Waals surface area contributed by atoms with E-state index in [9.17, 15) is 38.7 Å². The molecule has 17 heteroatoms. The van der Waals surface area contributed by atoms with Crippen LogP contribution in [0.5, 0.6) is 5.75 Å². The number of benzene rings is 2. The number of carbonyl (C=O) groups excluding carboxylic acids is 8. The van der Waals surface area contributed by atoms with Crippen LogP contribution in [0.4, 0.5) is 5.69 Å². The molecule has 2 aromatic carbocycles. The SMILES string of the molecule is CCCC[C@H](NC=O)C(=O)N[C@@H](CC(C)C)C(=O)N[C@@H](C)C(=O)N[C@@H](CCCC)C(=O)N(c1ccccc1)[C@@H](Cc1ccc(O)cc1)C(=O)N[C@@H](CCCCN)C(=O)OC(C)=O. The summed E-state index contributed by atoms with van der Waals surface area (Å²) in [5.74, 6) is -5.17. The van der Waals surface area contributed by atoms with Crippen molar-refractivity contribution in [2.24, 2.45) is 11.7 Å². The molecule has 0 heterocycles. The van der Waals surface area contributed by atoms with Gasteiger partial charge >= 0.3 is 11.9 Å². The molecule has 0 fully saturated rings. The summed E-state index contributed by atoms with van der Waals surface area (Å²) in [5.41, 5.74) is 6.53. The van der Waals surface area contributed by atoms with Crippen LogP contribution in [0, 0.1) is 5.92 Å².